The lowest BCUT2D eigenvalue weighted by molar-refractivity contribution is -0.135. The summed E-state index contributed by atoms with van der Waals surface area (Å²) in [6.45, 7) is 1.61. The van der Waals surface area contributed by atoms with Gasteiger partial charge in [0.05, 0.1) is 11.7 Å². The van der Waals surface area contributed by atoms with E-state index in [1.165, 1.54) is 60.0 Å². The molecule has 2 atom stereocenters. The Morgan fingerprint density at radius 2 is 1.90 bits per heavy atom. The number of carbonyl (C=O) groups is 1. The van der Waals surface area contributed by atoms with E-state index in [4.69, 9.17) is 0 Å². The number of benzene rings is 1. The fraction of sp³-hybridized carbons (Fsp3) is 0.435. The van der Waals surface area contributed by atoms with Crippen LogP contribution in [0.4, 0.5) is 4.39 Å². The zero-order valence-corrected chi connectivity index (χ0v) is 17.5. The zero-order chi connectivity index (χ0) is 20.7. The molecule has 3 aromatic rings. The van der Waals surface area contributed by atoms with Gasteiger partial charge in [0, 0.05) is 24.0 Å². The summed E-state index contributed by atoms with van der Waals surface area (Å²) in [5.41, 5.74) is 1.28. The third-order valence-corrected chi connectivity index (χ3v) is 7.55. The van der Waals surface area contributed by atoms with Crippen LogP contribution in [-0.4, -0.2) is 33.4 Å². The van der Waals surface area contributed by atoms with Crippen molar-refractivity contribution in [2.24, 2.45) is 11.8 Å². The first-order valence-corrected chi connectivity index (χ1v) is 11.5. The highest BCUT2D eigenvalue weighted by molar-refractivity contribution is 7.17. The summed E-state index contributed by atoms with van der Waals surface area (Å²) in [5, 5.41) is 2.36. The smallest absolute Gasteiger partial charge is 0.263 e. The van der Waals surface area contributed by atoms with Crippen LogP contribution in [0.1, 0.15) is 32.1 Å². The van der Waals surface area contributed by atoms with Crippen molar-refractivity contribution >= 4 is 27.5 Å². The van der Waals surface area contributed by atoms with Gasteiger partial charge in [0.25, 0.3) is 5.56 Å². The van der Waals surface area contributed by atoms with E-state index >= 15 is 0 Å². The SMILES string of the molecule is O=C(Cn1cnc2scc(-c3ccc(F)cc3)c2c1=O)N1CC[C@@H]2CCCC[C@@H]2C1. The predicted molar refractivity (Wildman–Crippen MR) is 116 cm³/mol. The van der Waals surface area contributed by atoms with Crippen molar-refractivity contribution in [1.82, 2.24) is 14.5 Å². The summed E-state index contributed by atoms with van der Waals surface area (Å²) in [5.74, 6) is 1.03. The summed E-state index contributed by atoms with van der Waals surface area (Å²) in [4.78, 5) is 33.1. The lowest BCUT2D eigenvalue weighted by Crippen LogP contribution is -2.46. The fourth-order valence-corrected chi connectivity index (χ4v) is 5.90. The molecule has 0 bridgehead atoms. The Kier molecular flexibility index (Phi) is 5.15. The number of hydrogen-bond donors (Lipinski definition) is 0. The Morgan fingerprint density at radius 1 is 1.13 bits per heavy atom. The van der Waals surface area contributed by atoms with Crippen LogP contribution in [0, 0.1) is 17.7 Å². The van der Waals surface area contributed by atoms with Crippen LogP contribution in [0.5, 0.6) is 0 Å². The van der Waals surface area contributed by atoms with E-state index in [9.17, 15) is 14.0 Å². The Bertz CT molecular complexity index is 1140. The van der Waals surface area contributed by atoms with Gasteiger partial charge in [-0.3, -0.25) is 14.2 Å². The minimum Gasteiger partial charge on any atom is -0.341 e. The maximum Gasteiger partial charge on any atom is 0.263 e. The number of nitrogens with zero attached hydrogens (tertiary/aromatic N) is 3. The number of amides is 1. The van der Waals surface area contributed by atoms with Crippen LogP contribution >= 0.6 is 11.3 Å². The van der Waals surface area contributed by atoms with Crippen molar-refractivity contribution in [2.45, 2.75) is 38.6 Å². The highest BCUT2D eigenvalue weighted by Gasteiger charge is 2.33. The summed E-state index contributed by atoms with van der Waals surface area (Å²) in [7, 11) is 0. The number of piperidine rings is 1. The number of rotatable bonds is 3. The Hall–Kier alpha value is -2.54. The lowest BCUT2D eigenvalue weighted by atomic mass is 9.75. The van der Waals surface area contributed by atoms with Gasteiger partial charge in [-0.25, -0.2) is 9.37 Å². The van der Waals surface area contributed by atoms with Crippen molar-refractivity contribution in [2.75, 3.05) is 13.1 Å². The molecule has 1 aliphatic carbocycles. The van der Waals surface area contributed by atoms with E-state index in [0.29, 0.717) is 16.1 Å². The normalized spacial score (nSPS) is 21.6. The molecule has 2 aliphatic rings. The molecular formula is C23H24FN3O2S. The molecule has 0 unspecified atom stereocenters. The van der Waals surface area contributed by atoms with Gasteiger partial charge in [0.2, 0.25) is 5.91 Å². The molecule has 3 heterocycles. The third-order valence-electron chi connectivity index (χ3n) is 6.67. The molecule has 1 aliphatic heterocycles. The maximum atomic E-state index is 13.3. The molecule has 1 saturated heterocycles. The topological polar surface area (TPSA) is 55.2 Å². The monoisotopic (exact) mass is 425 g/mol. The molecule has 2 fully saturated rings. The average molecular weight is 426 g/mol. The van der Waals surface area contributed by atoms with Gasteiger partial charge in [0.15, 0.2) is 0 Å². The number of hydrogen-bond acceptors (Lipinski definition) is 4. The number of fused-ring (bicyclic) bond motifs is 2. The molecule has 7 heteroatoms. The Balaban J connectivity index is 1.40. The third kappa shape index (κ3) is 3.55. The fourth-order valence-electron chi connectivity index (χ4n) is 5.00. The largest absolute Gasteiger partial charge is 0.341 e. The van der Waals surface area contributed by atoms with E-state index < -0.39 is 0 Å². The van der Waals surface area contributed by atoms with Crippen molar-refractivity contribution in [3.05, 3.63) is 52.1 Å². The van der Waals surface area contributed by atoms with E-state index in [1.54, 1.807) is 12.1 Å². The highest BCUT2D eigenvalue weighted by atomic mass is 32.1. The van der Waals surface area contributed by atoms with Crippen LogP contribution in [-0.2, 0) is 11.3 Å². The van der Waals surface area contributed by atoms with Gasteiger partial charge in [0.1, 0.15) is 17.2 Å². The first-order chi connectivity index (χ1) is 14.6. The minimum absolute atomic E-state index is 0.0118. The van der Waals surface area contributed by atoms with Crippen LogP contribution in [0.25, 0.3) is 21.3 Å². The minimum atomic E-state index is -0.318. The van der Waals surface area contributed by atoms with Gasteiger partial charge in [-0.05, 0) is 42.4 Å². The zero-order valence-electron chi connectivity index (χ0n) is 16.7. The van der Waals surface area contributed by atoms with Crippen LogP contribution < -0.4 is 5.56 Å². The molecule has 5 nitrogen and oxygen atoms in total. The second-order valence-electron chi connectivity index (χ2n) is 8.45. The molecule has 1 amide bonds. The van der Waals surface area contributed by atoms with E-state index in [2.05, 4.69) is 4.98 Å². The highest BCUT2D eigenvalue weighted by Crippen LogP contribution is 2.36. The molecule has 2 aromatic heterocycles. The maximum absolute atomic E-state index is 13.3. The molecule has 0 N–H and O–H groups in total. The van der Waals surface area contributed by atoms with Gasteiger partial charge >= 0.3 is 0 Å². The molecule has 5 rings (SSSR count). The summed E-state index contributed by atoms with van der Waals surface area (Å²) >= 11 is 1.38. The van der Waals surface area contributed by atoms with Gasteiger partial charge in [-0.2, -0.15) is 0 Å². The van der Waals surface area contributed by atoms with Crippen molar-refractivity contribution in [1.29, 1.82) is 0 Å². The van der Waals surface area contributed by atoms with E-state index in [-0.39, 0.29) is 23.8 Å². The van der Waals surface area contributed by atoms with Crippen molar-refractivity contribution in [3.63, 3.8) is 0 Å². The Labute approximate surface area is 178 Å². The van der Waals surface area contributed by atoms with Crippen LogP contribution in [0.3, 0.4) is 0 Å². The molecule has 30 heavy (non-hydrogen) atoms. The van der Waals surface area contributed by atoms with Crippen molar-refractivity contribution < 1.29 is 9.18 Å². The van der Waals surface area contributed by atoms with E-state index in [1.807, 2.05) is 10.3 Å². The quantitative estimate of drug-likeness (QED) is 0.629. The summed E-state index contributed by atoms with van der Waals surface area (Å²) in [6, 6.07) is 6.08. The summed E-state index contributed by atoms with van der Waals surface area (Å²) in [6.07, 6.45) is 7.61. The number of halogens is 1. The number of aromatic nitrogens is 2. The molecule has 1 saturated carbocycles. The van der Waals surface area contributed by atoms with Crippen LogP contribution in [0.2, 0.25) is 0 Å². The Morgan fingerprint density at radius 3 is 2.70 bits per heavy atom. The standard InChI is InChI=1S/C23H24FN3O2S/c24-18-7-5-16(6-8-18)19-13-30-22-21(19)23(29)27(14-25-22)12-20(28)26-10-9-15-3-1-2-4-17(15)11-26/h5-8,13-15,17H,1-4,9-12H2/t15-,17+/m0/s1. The summed E-state index contributed by atoms with van der Waals surface area (Å²) < 4.78 is 14.7. The molecule has 0 spiro atoms. The predicted octanol–water partition coefficient (Wildman–Crippen LogP) is 4.30. The van der Waals surface area contributed by atoms with E-state index in [0.717, 1.165) is 36.6 Å². The molecule has 156 valence electrons. The molecule has 1 aromatic carbocycles. The second-order valence-corrected chi connectivity index (χ2v) is 9.31. The number of thiophene rings is 1. The first-order valence-electron chi connectivity index (χ1n) is 10.6. The molecule has 0 radical (unpaired) electrons. The number of likely N-dealkylation sites (tertiary alicyclic amines) is 1. The molecular weight excluding hydrogens is 401 g/mol. The average Bonchev–Trinajstić information content (AvgIpc) is 3.21. The van der Waals surface area contributed by atoms with Crippen LogP contribution in [0.15, 0.2) is 40.8 Å². The second kappa shape index (κ2) is 7.95. The van der Waals surface area contributed by atoms with Gasteiger partial charge in [-0.1, -0.05) is 31.4 Å². The number of carbonyl (C=O) groups excluding carboxylic acids is 1. The van der Waals surface area contributed by atoms with Gasteiger partial charge < -0.3 is 4.90 Å². The van der Waals surface area contributed by atoms with Gasteiger partial charge in [-0.15, -0.1) is 11.3 Å². The lowest BCUT2D eigenvalue weighted by Gasteiger charge is -2.41. The first kappa shape index (κ1) is 19.4. The van der Waals surface area contributed by atoms with Crippen molar-refractivity contribution in [3.8, 4) is 11.1 Å².